The number of hydrogen-bond acceptors (Lipinski definition) is 6. The molecule has 170 valence electrons. The molecule has 2 aromatic carbocycles. The molecule has 0 unspecified atom stereocenters. The van der Waals surface area contributed by atoms with Crippen LogP contribution in [0.25, 0.3) is 16.8 Å². The first kappa shape index (κ1) is 22.9. The Balaban J connectivity index is 1.72. The van der Waals surface area contributed by atoms with Gasteiger partial charge in [0.2, 0.25) is 0 Å². The smallest absolute Gasteiger partial charge is 0.173 e. The van der Waals surface area contributed by atoms with Crippen LogP contribution in [-0.2, 0) is 6.42 Å². The number of carbonyl (C=O) groups is 1. The van der Waals surface area contributed by atoms with E-state index in [0.717, 1.165) is 45.2 Å². The molecule has 2 heterocycles. The van der Waals surface area contributed by atoms with E-state index in [-0.39, 0.29) is 11.5 Å². The van der Waals surface area contributed by atoms with Crippen LogP contribution < -0.4 is 9.47 Å². The second-order valence-corrected chi connectivity index (χ2v) is 8.64. The van der Waals surface area contributed by atoms with Gasteiger partial charge in [-0.2, -0.15) is 5.10 Å². The van der Waals surface area contributed by atoms with E-state index in [1.165, 1.54) is 11.8 Å². The van der Waals surface area contributed by atoms with Crippen LogP contribution in [0.5, 0.6) is 11.5 Å². The van der Waals surface area contributed by atoms with Crippen LogP contribution >= 0.6 is 11.8 Å². The van der Waals surface area contributed by atoms with E-state index < -0.39 is 0 Å². The van der Waals surface area contributed by atoms with Crippen molar-refractivity contribution in [2.75, 3.05) is 20.0 Å². The third-order valence-electron chi connectivity index (χ3n) is 5.66. The fourth-order valence-corrected chi connectivity index (χ4v) is 5.14. The number of hydrogen-bond donors (Lipinski definition) is 0. The highest BCUT2D eigenvalue weighted by molar-refractivity contribution is 8.00. The van der Waals surface area contributed by atoms with E-state index in [2.05, 4.69) is 19.1 Å². The molecule has 0 aliphatic heterocycles. The lowest BCUT2D eigenvalue weighted by Gasteiger charge is -2.13. The normalized spacial score (nSPS) is 11.1. The van der Waals surface area contributed by atoms with E-state index >= 15 is 0 Å². The average Bonchev–Trinajstić information content (AvgIpc) is 3.17. The molecule has 4 aromatic rings. The van der Waals surface area contributed by atoms with Crippen LogP contribution in [0.4, 0.5) is 0 Å². The molecule has 6 nitrogen and oxygen atoms in total. The van der Waals surface area contributed by atoms with Crippen molar-refractivity contribution >= 4 is 23.2 Å². The zero-order valence-corrected chi connectivity index (χ0v) is 20.3. The summed E-state index contributed by atoms with van der Waals surface area (Å²) >= 11 is 1.50. The summed E-state index contributed by atoms with van der Waals surface area (Å²) in [5, 5.41) is 5.78. The van der Waals surface area contributed by atoms with Crippen molar-refractivity contribution in [3.63, 3.8) is 0 Å². The first-order valence-electron chi connectivity index (χ1n) is 10.8. The summed E-state index contributed by atoms with van der Waals surface area (Å²) in [5.74, 6) is 1.43. The third-order valence-corrected chi connectivity index (χ3v) is 6.76. The van der Waals surface area contributed by atoms with Crippen molar-refractivity contribution in [2.24, 2.45) is 0 Å². The number of Topliss-reactive ketones (excluding diaryl/α,β-unsaturated/α-hetero) is 1. The Morgan fingerprint density at radius 3 is 2.39 bits per heavy atom. The molecular weight excluding hydrogens is 434 g/mol. The molecule has 0 aliphatic carbocycles. The molecule has 0 aliphatic rings. The summed E-state index contributed by atoms with van der Waals surface area (Å²) in [6.45, 7) is 6.13. The van der Waals surface area contributed by atoms with Crippen LogP contribution in [0.1, 0.15) is 34.2 Å². The number of fused-ring (bicyclic) bond motifs is 1. The number of nitrogens with zero attached hydrogens (tertiary/aromatic N) is 3. The van der Waals surface area contributed by atoms with Crippen LogP contribution in [0, 0.1) is 13.8 Å². The number of ketones is 1. The van der Waals surface area contributed by atoms with Crippen molar-refractivity contribution in [2.45, 2.75) is 32.2 Å². The molecule has 0 atom stereocenters. The third kappa shape index (κ3) is 4.33. The summed E-state index contributed by atoms with van der Waals surface area (Å²) in [4.78, 5) is 17.9. The molecule has 4 rings (SSSR count). The molecule has 0 bridgehead atoms. The minimum absolute atomic E-state index is 0.0118. The van der Waals surface area contributed by atoms with Gasteiger partial charge in [-0.05, 0) is 44.0 Å². The van der Waals surface area contributed by atoms with Gasteiger partial charge < -0.3 is 9.47 Å². The van der Waals surface area contributed by atoms with Crippen LogP contribution in [0.2, 0.25) is 0 Å². The fraction of sp³-hybridized carbons (Fsp3) is 0.269. The second kappa shape index (κ2) is 9.67. The molecule has 0 fully saturated rings. The van der Waals surface area contributed by atoms with Gasteiger partial charge in [-0.1, -0.05) is 49.0 Å². The van der Waals surface area contributed by atoms with E-state index in [1.807, 2.05) is 36.6 Å². The lowest BCUT2D eigenvalue weighted by molar-refractivity contribution is 0.102. The van der Waals surface area contributed by atoms with Crippen molar-refractivity contribution in [3.8, 4) is 22.6 Å². The van der Waals surface area contributed by atoms with Gasteiger partial charge in [0.05, 0.1) is 25.7 Å². The van der Waals surface area contributed by atoms with Crippen LogP contribution in [-0.4, -0.2) is 40.4 Å². The number of rotatable bonds is 8. The fourth-order valence-electron chi connectivity index (χ4n) is 3.99. The molecule has 0 spiro atoms. The number of benzene rings is 2. The summed E-state index contributed by atoms with van der Waals surface area (Å²) in [6.07, 6.45) is 0.807. The predicted molar refractivity (Wildman–Crippen MR) is 132 cm³/mol. The van der Waals surface area contributed by atoms with Gasteiger partial charge in [0.25, 0.3) is 0 Å². The maximum Gasteiger partial charge on any atom is 0.173 e. The van der Waals surface area contributed by atoms with Crippen molar-refractivity contribution in [1.82, 2.24) is 14.6 Å². The van der Waals surface area contributed by atoms with Crippen molar-refractivity contribution in [1.29, 1.82) is 0 Å². The first-order valence-corrected chi connectivity index (χ1v) is 11.8. The maximum absolute atomic E-state index is 13.0. The molecule has 0 amide bonds. The number of ether oxygens (including phenoxy) is 2. The molecular formula is C26H27N3O3S. The molecule has 0 N–H and O–H groups in total. The number of aryl methyl sites for hydroxylation is 2. The quantitative estimate of drug-likeness (QED) is 0.194. The van der Waals surface area contributed by atoms with Gasteiger partial charge >= 0.3 is 0 Å². The highest BCUT2D eigenvalue weighted by Gasteiger charge is 2.21. The van der Waals surface area contributed by atoms with Gasteiger partial charge in [-0.3, -0.25) is 4.79 Å². The Morgan fingerprint density at radius 2 is 1.73 bits per heavy atom. The highest BCUT2D eigenvalue weighted by Crippen LogP contribution is 2.34. The zero-order valence-electron chi connectivity index (χ0n) is 19.5. The zero-order chi connectivity index (χ0) is 23.5. The molecule has 0 saturated heterocycles. The minimum Gasteiger partial charge on any atom is -0.493 e. The lowest BCUT2D eigenvalue weighted by Crippen LogP contribution is -2.08. The van der Waals surface area contributed by atoms with E-state index in [4.69, 9.17) is 19.6 Å². The molecule has 33 heavy (non-hydrogen) atoms. The highest BCUT2D eigenvalue weighted by atomic mass is 32.2. The lowest BCUT2D eigenvalue weighted by atomic mass is 10.1. The van der Waals surface area contributed by atoms with Gasteiger partial charge in [-0.15, -0.1) is 0 Å². The maximum atomic E-state index is 13.0. The predicted octanol–water partition coefficient (Wildman–Crippen LogP) is 5.57. The van der Waals surface area contributed by atoms with E-state index in [0.29, 0.717) is 17.1 Å². The first-order chi connectivity index (χ1) is 16.0. The summed E-state index contributed by atoms with van der Waals surface area (Å²) in [5.41, 5.74) is 6.48. The van der Waals surface area contributed by atoms with Gasteiger partial charge in [0.15, 0.2) is 22.9 Å². The summed E-state index contributed by atoms with van der Waals surface area (Å²) in [6, 6.07) is 15.4. The second-order valence-electron chi connectivity index (χ2n) is 7.68. The molecule has 2 aromatic heterocycles. The monoisotopic (exact) mass is 461 g/mol. The number of thioether (sulfide) groups is 1. The summed E-state index contributed by atoms with van der Waals surface area (Å²) < 4.78 is 12.5. The van der Waals surface area contributed by atoms with Crippen molar-refractivity contribution in [3.05, 3.63) is 71.0 Å². The Kier molecular flexibility index (Phi) is 6.70. The minimum atomic E-state index is 0.0118. The number of methoxy groups -OCH3 is 2. The number of aromatic nitrogens is 3. The largest absolute Gasteiger partial charge is 0.493 e. The van der Waals surface area contributed by atoms with Crippen LogP contribution in [0.15, 0.2) is 53.6 Å². The van der Waals surface area contributed by atoms with Crippen LogP contribution in [0.3, 0.4) is 0 Å². The Bertz CT molecular complexity index is 1320. The SMILES string of the molecule is CCc1c(C)nc2c(-c3ccccc3)c(C)nn2c1SCC(=O)c1ccc(OC)c(OC)c1. The molecule has 0 saturated carbocycles. The van der Waals surface area contributed by atoms with E-state index in [1.54, 1.807) is 32.4 Å². The standard InChI is InChI=1S/C26H27N3O3S/c1-6-20-16(2)27-25-24(18-10-8-7-9-11-18)17(3)28-29(25)26(20)33-15-21(30)19-12-13-22(31-4)23(14-19)32-5/h7-14H,6,15H2,1-5H3. The van der Waals surface area contributed by atoms with Gasteiger partial charge in [0, 0.05) is 22.4 Å². The number of carbonyl (C=O) groups excluding carboxylic acids is 1. The Hall–Kier alpha value is -3.32. The van der Waals surface area contributed by atoms with Gasteiger partial charge in [0.1, 0.15) is 5.03 Å². The van der Waals surface area contributed by atoms with Crippen molar-refractivity contribution < 1.29 is 14.3 Å². The molecule has 7 heteroatoms. The Labute approximate surface area is 198 Å². The molecule has 0 radical (unpaired) electrons. The Morgan fingerprint density at radius 1 is 1.00 bits per heavy atom. The van der Waals surface area contributed by atoms with E-state index in [9.17, 15) is 4.79 Å². The van der Waals surface area contributed by atoms with Gasteiger partial charge in [-0.25, -0.2) is 9.50 Å². The summed E-state index contributed by atoms with van der Waals surface area (Å²) in [7, 11) is 3.14. The topological polar surface area (TPSA) is 65.7 Å². The average molecular weight is 462 g/mol.